The van der Waals surface area contributed by atoms with Crippen LogP contribution in [0.25, 0.3) is 0 Å². The van der Waals surface area contributed by atoms with Crippen molar-refractivity contribution in [1.82, 2.24) is 0 Å². The van der Waals surface area contributed by atoms with Gasteiger partial charge in [-0.05, 0) is 24.6 Å². The molecule has 8 heteroatoms. The maximum Gasteiger partial charge on any atom is 0.348 e. The van der Waals surface area contributed by atoms with Gasteiger partial charge in [0.1, 0.15) is 28.3 Å². The molecule has 0 radical (unpaired) electrons. The van der Waals surface area contributed by atoms with E-state index in [-0.39, 0.29) is 40.6 Å². The Morgan fingerprint density at radius 2 is 2.08 bits per heavy atom. The van der Waals surface area contributed by atoms with Crippen LogP contribution in [0.15, 0.2) is 24.3 Å². The minimum absolute atomic E-state index is 0.0352. The molecule has 0 saturated carbocycles. The molecule has 2 N–H and O–H groups in total. The molecule has 0 atom stereocenters. The number of methoxy groups -OCH3 is 1. The van der Waals surface area contributed by atoms with E-state index in [1.165, 1.54) is 0 Å². The lowest BCUT2D eigenvalue weighted by atomic mass is 10.1. The van der Waals surface area contributed by atoms with Crippen LogP contribution < -0.4 is 10.5 Å². The minimum atomic E-state index is -0.593. The molecular weight excluding hydrogens is 356 g/mol. The summed E-state index contributed by atoms with van der Waals surface area (Å²) < 4.78 is 15.3. The van der Waals surface area contributed by atoms with Crippen molar-refractivity contribution in [3.8, 4) is 11.8 Å². The van der Waals surface area contributed by atoms with Gasteiger partial charge in [-0.1, -0.05) is 12.1 Å². The van der Waals surface area contributed by atoms with Gasteiger partial charge in [-0.25, -0.2) is 4.79 Å². The van der Waals surface area contributed by atoms with E-state index >= 15 is 0 Å². The molecule has 0 aliphatic carbocycles. The predicted molar refractivity (Wildman–Crippen MR) is 95.9 cm³/mol. The number of esters is 2. The molecule has 0 saturated heterocycles. The number of anilines is 1. The number of rotatable bonds is 7. The van der Waals surface area contributed by atoms with E-state index in [0.717, 1.165) is 16.9 Å². The number of hydrogen-bond acceptors (Lipinski definition) is 8. The summed E-state index contributed by atoms with van der Waals surface area (Å²) in [6.07, 6.45) is 0.0352. The van der Waals surface area contributed by atoms with Crippen LogP contribution in [-0.2, 0) is 27.3 Å². The van der Waals surface area contributed by atoms with Crippen LogP contribution in [0.4, 0.5) is 5.00 Å². The second-order valence-corrected chi connectivity index (χ2v) is 6.22. The Bertz CT molecular complexity index is 854. The average molecular weight is 374 g/mol. The van der Waals surface area contributed by atoms with Crippen LogP contribution in [0.3, 0.4) is 0 Å². The first-order valence-electron chi connectivity index (χ1n) is 7.77. The summed E-state index contributed by atoms with van der Waals surface area (Å²) in [5.41, 5.74) is 6.91. The zero-order chi connectivity index (χ0) is 19.1. The van der Waals surface area contributed by atoms with Gasteiger partial charge in [-0.2, -0.15) is 5.26 Å². The van der Waals surface area contributed by atoms with Crippen LogP contribution in [0, 0.1) is 11.3 Å². The summed E-state index contributed by atoms with van der Waals surface area (Å²) in [5, 5.41) is 9.44. The van der Waals surface area contributed by atoms with Crippen LogP contribution in [0.2, 0.25) is 0 Å². The molecular formula is C18H18N2O5S. The lowest BCUT2D eigenvalue weighted by molar-refractivity contribution is -0.144. The number of nitrogen functional groups attached to an aromatic ring is 1. The number of benzene rings is 1. The smallest absolute Gasteiger partial charge is 0.348 e. The SMILES string of the molecule is CCOC(=O)c1sc(N)c(C#N)c1COC(=O)Cc1cccc(OC)c1. The highest BCUT2D eigenvalue weighted by Crippen LogP contribution is 2.32. The van der Waals surface area contributed by atoms with Crippen molar-refractivity contribution >= 4 is 28.3 Å². The molecule has 0 spiro atoms. The van der Waals surface area contributed by atoms with Gasteiger partial charge < -0.3 is 19.9 Å². The molecule has 0 unspecified atom stereocenters. The Balaban J connectivity index is 2.11. The highest BCUT2D eigenvalue weighted by molar-refractivity contribution is 7.18. The largest absolute Gasteiger partial charge is 0.497 e. The number of carbonyl (C=O) groups excluding carboxylic acids is 2. The molecule has 7 nitrogen and oxygen atoms in total. The second-order valence-electron chi connectivity index (χ2n) is 5.17. The van der Waals surface area contributed by atoms with Crippen LogP contribution in [-0.4, -0.2) is 25.7 Å². The highest BCUT2D eigenvalue weighted by Gasteiger charge is 2.23. The van der Waals surface area contributed by atoms with E-state index in [4.69, 9.17) is 19.9 Å². The minimum Gasteiger partial charge on any atom is -0.497 e. The lowest BCUT2D eigenvalue weighted by Crippen LogP contribution is -2.11. The number of nitrogens with two attached hydrogens (primary N) is 1. The summed E-state index contributed by atoms with van der Waals surface area (Å²) in [7, 11) is 1.54. The van der Waals surface area contributed by atoms with Gasteiger partial charge in [0.15, 0.2) is 0 Å². The molecule has 0 aliphatic heterocycles. The molecule has 2 aromatic rings. The van der Waals surface area contributed by atoms with E-state index in [9.17, 15) is 14.9 Å². The van der Waals surface area contributed by atoms with Gasteiger partial charge in [-0.15, -0.1) is 11.3 Å². The second kappa shape index (κ2) is 8.87. The molecule has 1 heterocycles. The first kappa shape index (κ1) is 19.3. The van der Waals surface area contributed by atoms with Crippen molar-refractivity contribution in [2.75, 3.05) is 19.5 Å². The van der Waals surface area contributed by atoms with Crippen molar-refractivity contribution in [2.45, 2.75) is 20.0 Å². The predicted octanol–water partition coefficient (Wildman–Crippen LogP) is 2.67. The summed E-state index contributed by atoms with van der Waals surface area (Å²) in [6, 6.07) is 8.99. The zero-order valence-electron chi connectivity index (χ0n) is 14.4. The maximum atomic E-state index is 12.1. The number of hydrogen-bond donors (Lipinski definition) is 1. The first-order chi connectivity index (χ1) is 12.5. The van der Waals surface area contributed by atoms with Crippen molar-refractivity contribution in [1.29, 1.82) is 5.26 Å². The molecule has 0 amide bonds. The van der Waals surface area contributed by atoms with Crippen molar-refractivity contribution in [3.05, 3.63) is 45.8 Å². The fourth-order valence-electron chi connectivity index (χ4n) is 2.26. The first-order valence-corrected chi connectivity index (χ1v) is 8.58. The van der Waals surface area contributed by atoms with Gasteiger partial charge in [0.2, 0.25) is 0 Å². The van der Waals surface area contributed by atoms with Gasteiger partial charge in [0.05, 0.1) is 25.7 Å². The van der Waals surface area contributed by atoms with Crippen molar-refractivity contribution in [2.24, 2.45) is 0 Å². The van der Waals surface area contributed by atoms with Crippen LogP contribution >= 0.6 is 11.3 Å². The Morgan fingerprint density at radius 3 is 2.73 bits per heavy atom. The lowest BCUT2D eigenvalue weighted by Gasteiger charge is -2.07. The van der Waals surface area contributed by atoms with Crippen LogP contribution in [0.5, 0.6) is 5.75 Å². The van der Waals surface area contributed by atoms with Gasteiger partial charge in [0.25, 0.3) is 0 Å². The summed E-state index contributed by atoms with van der Waals surface area (Å²) >= 11 is 0.947. The molecule has 1 aromatic carbocycles. The van der Waals surface area contributed by atoms with E-state index in [2.05, 4.69) is 0 Å². The van der Waals surface area contributed by atoms with E-state index in [1.54, 1.807) is 38.3 Å². The normalized spacial score (nSPS) is 10.0. The van der Waals surface area contributed by atoms with Gasteiger partial charge in [-0.3, -0.25) is 4.79 Å². The molecule has 1 aromatic heterocycles. The molecule has 0 bridgehead atoms. The van der Waals surface area contributed by atoms with E-state index in [1.807, 2.05) is 6.07 Å². The quantitative estimate of drug-likeness (QED) is 0.742. The Hall–Kier alpha value is -3.05. The molecule has 0 fully saturated rings. The Morgan fingerprint density at radius 1 is 1.31 bits per heavy atom. The van der Waals surface area contributed by atoms with Crippen LogP contribution in [0.1, 0.15) is 33.3 Å². The van der Waals surface area contributed by atoms with Gasteiger partial charge in [0, 0.05) is 5.56 Å². The zero-order valence-corrected chi connectivity index (χ0v) is 15.2. The fourth-order valence-corrected chi connectivity index (χ4v) is 3.18. The number of nitriles is 1. The standard InChI is InChI=1S/C18H18N2O5S/c1-3-24-18(22)16-14(13(9-19)17(20)26-16)10-25-15(21)8-11-5-4-6-12(7-11)23-2/h4-7H,3,8,10,20H2,1-2H3. The molecule has 0 aliphatic rings. The number of ether oxygens (including phenoxy) is 3. The van der Waals surface area contributed by atoms with Crippen molar-refractivity contribution in [3.63, 3.8) is 0 Å². The topological polar surface area (TPSA) is 112 Å². The summed E-state index contributed by atoms with van der Waals surface area (Å²) in [4.78, 5) is 24.3. The Labute approximate surface area is 154 Å². The highest BCUT2D eigenvalue weighted by atomic mass is 32.1. The monoisotopic (exact) mass is 374 g/mol. The summed E-state index contributed by atoms with van der Waals surface area (Å²) in [5.74, 6) is -0.455. The molecule has 26 heavy (non-hydrogen) atoms. The van der Waals surface area contributed by atoms with E-state index < -0.39 is 11.9 Å². The fraction of sp³-hybridized carbons (Fsp3) is 0.278. The third-order valence-corrected chi connectivity index (χ3v) is 4.51. The number of carbonyl (C=O) groups is 2. The third-order valence-electron chi connectivity index (χ3n) is 3.47. The average Bonchev–Trinajstić information content (AvgIpc) is 2.96. The van der Waals surface area contributed by atoms with E-state index in [0.29, 0.717) is 5.75 Å². The maximum absolute atomic E-state index is 12.1. The number of nitrogens with zero attached hydrogens (tertiary/aromatic N) is 1. The molecule has 136 valence electrons. The molecule has 2 rings (SSSR count). The number of thiophene rings is 1. The Kier molecular flexibility index (Phi) is 6.58. The van der Waals surface area contributed by atoms with Crippen molar-refractivity contribution < 1.29 is 23.8 Å². The third kappa shape index (κ3) is 4.52. The van der Waals surface area contributed by atoms with Gasteiger partial charge >= 0.3 is 11.9 Å². The summed E-state index contributed by atoms with van der Waals surface area (Å²) in [6.45, 7) is 1.63.